The summed E-state index contributed by atoms with van der Waals surface area (Å²) < 4.78 is 38.8. The number of carbonyl (C=O) groups excluding carboxylic acids is 1. The maximum atomic E-state index is 12.8. The van der Waals surface area contributed by atoms with Gasteiger partial charge in [-0.25, -0.2) is 18.0 Å². The molecule has 2 aromatic carbocycles. The summed E-state index contributed by atoms with van der Waals surface area (Å²) in [6, 6.07) is 10.2. The number of aryl methyl sites for hydroxylation is 3. The van der Waals surface area contributed by atoms with Crippen LogP contribution in [-0.4, -0.2) is 20.4 Å². The van der Waals surface area contributed by atoms with Crippen LogP contribution in [0.1, 0.15) is 49.8 Å². The lowest BCUT2D eigenvalue weighted by Gasteiger charge is -2.17. The van der Waals surface area contributed by atoms with Gasteiger partial charge in [-0.1, -0.05) is 38.0 Å². The third kappa shape index (κ3) is 5.69. The zero-order valence-corrected chi connectivity index (χ0v) is 20.1. The molecule has 1 heterocycles. The van der Waals surface area contributed by atoms with Gasteiger partial charge in [0.05, 0.1) is 4.90 Å². The molecule has 3 rings (SSSR count). The quantitative estimate of drug-likeness (QED) is 0.282. The third-order valence-electron chi connectivity index (χ3n) is 5.53. The van der Waals surface area contributed by atoms with Crippen molar-refractivity contribution in [1.82, 2.24) is 4.72 Å². The maximum absolute atomic E-state index is 12.8. The predicted octanol–water partition coefficient (Wildman–Crippen LogP) is 4.41. The van der Waals surface area contributed by atoms with Crippen molar-refractivity contribution in [3.05, 3.63) is 69.6 Å². The number of rotatable bonds is 9. The second-order valence-corrected chi connectivity index (χ2v) is 9.79. The van der Waals surface area contributed by atoms with E-state index < -0.39 is 27.7 Å². The molecule has 3 aromatic rings. The molecule has 176 valence electrons. The van der Waals surface area contributed by atoms with Gasteiger partial charge in [0.15, 0.2) is 0 Å². The van der Waals surface area contributed by atoms with E-state index in [4.69, 9.17) is 9.15 Å². The molecule has 0 amide bonds. The van der Waals surface area contributed by atoms with E-state index in [0.717, 1.165) is 35.8 Å². The van der Waals surface area contributed by atoms with Gasteiger partial charge in [0.2, 0.25) is 10.0 Å². The van der Waals surface area contributed by atoms with Crippen LogP contribution < -0.4 is 15.1 Å². The van der Waals surface area contributed by atoms with Crippen molar-refractivity contribution in [3.63, 3.8) is 0 Å². The fourth-order valence-corrected chi connectivity index (χ4v) is 4.81. The first-order valence-electron chi connectivity index (χ1n) is 11.0. The molecule has 8 heteroatoms. The molecule has 7 nitrogen and oxygen atoms in total. The number of carbonyl (C=O) groups is 1. The Bertz CT molecular complexity index is 1310. The molecule has 1 atom stereocenters. The van der Waals surface area contributed by atoms with Crippen molar-refractivity contribution in [1.29, 1.82) is 0 Å². The molecule has 0 radical (unpaired) electrons. The number of sulfonamides is 1. The van der Waals surface area contributed by atoms with Crippen LogP contribution in [0.5, 0.6) is 5.75 Å². The van der Waals surface area contributed by atoms with Gasteiger partial charge in [0.1, 0.15) is 17.4 Å². The average molecular weight is 472 g/mol. The van der Waals surface area contributed by atoms with E-state index in [1.807, 2.05) is 6.92 Å². The van der Waals surface area contributed by atoms with Crippen molar-refractivity contribution >= 4 is 27.0 Å². The van der Waals surface area contributed by atoms with E-state index in [1.54, 1.807) is 38.1 Å². The first-order valence-corrected chi connectivity index (χ1v) is 12.5. The van der Waals surface area contributed by atoms with Gasteiger partial charge in [0.25, 0.3) is 0 Å². The summed E-state index contributed by atoms with van der Waals surface area (Å²) in [6.45, 7) is 7.33. The van der Waals surface area contributed by atoms with E-state index in [0.29, 0.717) is 11.1 Å². The molecule has 1 N–H and O–H groups in total. The summed E-state index contributed by atoms with van der Waals surface area (Å²) in [6.07, 6.45) is 2.88. The van der Waals surface area contributed by atoms with Crippen LogP contribution >= 0.6 is 0 Å². The summed E-state index contributed by atoms with van der Waals surface area (Å²) in [7, 11) is -3.90. The Hall–Kier alpha value is -2.97. The van der Waals surface area contributed by atoms with E-state index in [9.17, 15) is 18.0 Å². The highest BCUT2D eigenvalue weighted by molar-refractivity contribution is 7.89. The van der Waals surface area contributed by atoms with Crippen molar-refractivity contribution in [2.75, 3.05) is 0 Å². The van der Waals surface area contributed by atoms with Gasteiger partial charge >= 0.3 is 11.6 Å². The molecule has 0 aliphatic heterocycles. The molecular weight excluding hydrogens is 442 g/mol. The number of hydrogen-bond donors (Lipinski definition) is 1. The lowest BCUT2D eigenvalue weighted by molar-refractivity contribution is -0.136. The molecule has 0 bridgehead atoms. The minimum Gasteiger partial charge on any atom is -0.425 e. The van der Waals surface area contributed by atoms with Gasteiger partial charge in [-0.2, -0.15) is 4.72 Å². The minimum atomic E-state index is -3.90. The Morgan fingerprint density at radius 1 is 1.09 bits per heavy atom. The fraction of sp³-hybridized carbons (Fsp3) is 0.360. The molecule has 33 heavy (non-hydrogen) atoms. The molecule has 0 aliphatic rings. The van der Waals surface area contributed by atoms with Gasteiger partial charge in [-0.3, -0.25) is 0 Å². The van der Waals surface area contributed by atoms with E-state index >= 15 is 0 Å². The maximum Gasteiger partial charge on any atom is 0.336 e. The van der Waals surface area contributed by atoms with Crippen molar-refractivity contribution in [2.45, 2.75) is 64.3 Å². The van der Waals surface area contributed by atoms with Crippen LogP contribution in [-0.2, 0) is 21.2 Å². The highest BCUT2D eigenvalue weighted by Crippen LogP contribution is 2.29. The lowest BCUT2D eigenvalue weighted by atomic mass is 10.0. The first kappa shape index (κ1) is 24.7. The summed E-state index contributed by atoms with van der Waals surface area (Å²) in [4.78, 5) is 25.0. The molecule has 0 spiro atoms. The van der Waals surface area contributed by atoms with Crippen LogP contribution in [0.3, 0.4) is 0 Å². The van der Waals surface area contributed by atoms with Gasteiger partial charge in [0, 0.05) is 17.0 Å². The topological polar surface area (TPSA) is 103 Å². The van der Waals surface area contributed by atoms with Gasteiger partial charge in [-0.15, -0.1) is 0 Å². The Morgan fingerprint density at radius 3 is 2.42 bits per heavy atom. The second kappa shape index (κ2) is 10.3. The lowest BCUT2D eigenvalue weighted by Crippen LogP contribution is -2.42. The van der Waals surface area contributed by atoms with Crippen LogP contribution in [0.2, 0.25) is 0 Å². The van der Waals surface area contributed by atoms with Crippen LogP contribution in [0.15, 0.2) is 56.6 Å². The summed E-state index contributed by atoms with van der Waals surface area (Å²) in [5.41, 5.74) is 2.23. The van der Waals surface area contributed by atoms with Crippen LogP contribution in [0, 0.1) is 13.8 Å². The van der Waals surface area contributed by atoms with Crippen LogP contribution in [0.4, 0.5) is 0 Å². The van der Waals surface area contributed by atoms with Crippen molar-refractivity contribution in [2.24, 2.45) is 0 Å². The number of benzene rings is 2. The molecule has 0 saturated carbocycles. The summed E-state index contributed by atoms with van der Waals surface area (Å²) >= 11 is 0. The molecule has 0 unspecified atom stereocenters. The fourth-order valence-electron chi connectivity index (χ4n) is 3.54. The van der Waals surface area contributed by atoms with E-state index in [1.165, 1.54) is 18.2 Å². The Labute approximate surface area is 193 Å². The van der Waals surface area contributed by atoms with Gasteiger partial charge in [-0.05, 0) is 62.9 Å². The van der Waals surface area contributed by atoms with E-state index in [2.05, 4.69) is 11.6 Å². The largest absolute Gasteiger partial charge is 0.425 e. The summed E-state index contributed by atoms with van der Waals surface area (Å²) in [5, 5.41) is 0.799. The zero-order valence-electron chi connectivity index (χ0n) is 19.3. The Kier molecular flexibility index (Phi) is 7.71. The molecule has 0 aliphatic carbocycles. The number of hydrogen-bond acceptors (Lipinski definition) is 6. The average Bonchev–Trinajstić information content (AvgIpc) is 2.78. The normalized spacial score (nSPS) is 12.6. The zero-order chi connectivity index (χ0) is 24.2. The highest BCUT2D eigenvalue weighted by Gasteiger charge is 2.27. The monoisotopic (exact) mass is 471 g/mol. The molecular formula is C25H29NO6S. The molecule has 0 fully saturated rings. The van der Waals surface area contributed by atoms with Crippen molar-refractivity contribution < 1.29 is 22.4 Å². The summed E-state index contributed by atoms with van der Waals surface area (Å²) in [5.74, 6) is -0.517. The number of unbranched alkanes of at least 4 members (excludes halogenated alkanes) is 1. The van der Waals surface area contributed by atoms with Crippen LogP contribution in [0.25, 0.3) is 11.0 Å². The molecule has 0 saturated heterocycles. The number of ether oxygens (including phenoxy) is 1. The number of esters is 1. The first-order chi connectivity index (χ1) is 15.7. The Morgan fingerprint density at radius 2 is 1.79 bits per heavy atom. The second-order valence-electron chi connectivity index (χ2n) is 8.08. The smallest absolute Gasteiger partial charge is 0.336 e. The minimum absolute atomic E-state index is 0.0719. The Balaban J connectivity index is 1.86. The van der Waals surface area contributed by atoms with Gasteiger partial charge < -0.3 is 9.15 Å². The predicted molar refractivity (Wildman–Crippen MR) is 127 cm³/mol. The standard InChI is InChI=1S/C25H29NO6S/c1-5-7-8-18-15-23(27)32-24-17(4)22(14-13-20(18)24)31-25(28)21(6-2)26-33(29,30)19-11-9-16(3)10-12-19/h9-15,21,26H,5-8H2,1-4H3/t21-/m1/s1. The van der Waals surface area contributed by atoms with Crippen molar-refractivity contribution in [3.8, 4) is 5.75 Å². The SMILES string of the molecule is CCCCc1cc(=O)oc2c(C)c(OC(=O)[C@@H](CC)NS(=O)(=O)c3ccc(C)cc3)ccc12. The van der Waals surface area contributed by atoms with E-state index in [-0.39, 0.29) is 17.1 Å². The highest BCUT2D eigenvalue weighted by atomic mass is 32.2. The molecule has 1 aromatic heterocycles. The number of fused-ring (bicyclic) bond motifs is 1. The number of nitrogens with one attached hydrogen (secondary N) is 1. The third-order valence-corrected chi connectivity index (χ3v) is 7.02.